The second kappa shape index (κ2) is 10.4. The molecule has 0 saturated carbocycles. The molecule has 0 aliphatic rings. The first-order valence-electron chi connectivity index (χ1n) is 9.63. The average Bonchev–Trinajstić information content (AvgIpc) is 3.16. The molecule has 0 saturated heterocycles. The highest BCUT2D eigenvalue weighted by Gasteiger charge is 2.18. The van der Waals surface area contributed by atoms with Gasteiger partial charge in [0, 0.05) is 6.54 Å². The van der Waals surface area contributed by atoms with Gasteiger partial charge in [0.2, 0.25) is 5.91 Å². The van der Waals surface area contributed by atoms with Crippen molar-refractivity contribution in [3.8, 4) is 17.1 Å². The molecule has 9 heteroatoms. The summed E-state index contributed by atoms with van der Waals surface area (Å²) >= 11 is 1.24. The van der Waals surface area contributed by atoms with Gasteiger partial charge in [-0.25, -0.2) is 0 Å². The molecule has 0 radical (unpaired) electrons. The third kappa shape index (κ3) is 5.32. The highest BCUT2D eigenvalue weighted by molar-refractivity contribution is 7.99. The van der Waals surface area contributed by atoms with Crippen LogP contribution in [-0.4, -0.2) is 38.9 Å². The lowest BCUT2D eigenvalue weighted by Crippen LogP contribution is -2.19. The van der Waals surface area contributed by atoms with Crippen LogP contribution < -0.4 is 15.8 Å². The molecule has 0 bridgehead atoms. The number of benzene rings is 2. The number of hydrogen-bond acceptors (Lipinski definition) is 6. The number of para-hydroxylation sites is 2. The Bertz CT molecular complexity index is 1100. The summed E-state index contributed by atoms with van der Waals surface area (Å²) in [4.78, 5) is 24.0. The van der Waals surface area contributed by atoms with Gasteiger partial charge in [-0.1, -0.05) is 42.1 Å². The van der Waals surface area contributed by atoms with Crippen LogP contribution in [0.2, 0.25) is 0 Å². The van der Waals surface area contributed by atoms with E-state index in [-0.39, 0.29) is 17.2 Å². The molecule has 0 spiro atoms. The molecular formula is C22H23N5O3S. The van der Waals surface area contributed by atoms with E-state index in [4.69, 9.17) is 10.5 Å². The summed E-state index contributed by atoms with van der Waals surface area (Å²) in [7, 11) is 0. The van der Waals surface area contributed by atoms with Crippen LogP contribution in [0.25, 0.3) is 11.4 Å². The summed E-state index contributed by atoms with van der Waals surface area (Å²) in [6, 6.07) is 14.2. The van der Waals surface area contributed by atoms with Crippen molar-refractivity contribution in [1.29, 1.82) is 0 Å². The van der Waals surface area contributed by atoms with Gasteiger partial charge in [-0.15, -0.1) is 16.8 Å². The first-order chi connectivity index (χ1) is 15.0. The number of nitrogens with two attached hydrogens (primary N) is 1. The Balaban J connectivity index is 1.78. The van der Waals surface area contributed by atoms with E-state index in [1.165, 1.54) is 11.8 Å². The van der Waals surface area contributed by atoms with Crippen LogP contribution >= 0.6 is 11.8 Å². The zero-order valence-corrected chi connectivity index (χ0v) is 17.9. The lowest BCUT2D eigenvalue weighted by atomic mass is 10.1. The van der Waals surface area contributed by atoms with Gasteiger partial charge in [0.25, 0.3) is 5.91 Å². The zero-order valence-electron chi connectivity index (χ0n) is 17.1. The van der Waals surface area contributed by atoms with Crippen molar-refractivity contribution < 1.29 is 14.3 Å². The van der Waals surface area contributed by atoms with E-state index in [0.29, 0.717) is 35.6 Å². The fourth-order valence-electron chi connectivity index (χ4n) is 2.94. The van der Waals surface area contributed by atoms with Gasteiger partial charge in [0.05, 0.1) is 29.2 Å². The molecule has 0 unspecified atom stereocenters. The van der Waals surface area contributed by atoms with Crippen LogP contribution in [0.15, 0.2) is 66.3 Å². The van der Waals surface area contributed by atoms with E-state index in [1.807, 2.05) is 35.8 Å². The van der Waals surface area contributed by atoms with E-state index < -0.39 is 5.91 Å². The Kier molecular flexibility index (Phi) is 7.45. The standard InChI is InChI=1S/C22H23N5O3S/c1-3-13-27-21(16-10-6-8-12-18(16)30-4-2)25-26-22(27)31-14-19(28)24-17-11-7-5-9-15(17)20(23)29/h3,5-12H,1,4,13-14H2,2H3,(H2,23,29)(H,24,28). The summed E-state index contributed by atoms with van der Waals surface area (Å²) < 4.78 is 7.59. The normalized spacial score (nSPS) is 10.5. The maximum atomic E-state index is 12.5. The number of rotatable bonds is 10. The monoisotopic (exact) mass is 437 g/mol. The SMILES string of the molecule is C=CCn1c(SCC(=O)Nc2ccccc2C(N)=O)nnc1-c1ccccc1OCC. The van der Waals surface area contributed by atoms with E-state index in [1.54, 1.807) is 30.3 Å². The Morgan fingerprint density at radius 1 is 1.19 bits per heavy atom. The molecular weight excluding hydrogens is 414 g/mol. The minimum atomic E-state index is -0.605. The number of carbonyl (C=O) groups excluding carboxylic acids is 2. The molecule has 3 N–H and O–H groups in total. The third-order valence-corrected chi connectivity index (χ3v) is 5.22. The van der Waals surface area contributed by atoms with E-state index in [0.717, 1.165) is 5.56 Å². The molecule has 2 amide bonds. The van der Waals surface area contributed by atoms with Crippen LogP contribution in [0, 0.1) is 0 Å². The first kappa shape index (κ1) is 22.1. The van der Waals surface area contributed by atoms with Crippen molar-refractivity contribution in [2.45, 2.75) is 18.6 Å². The minimum Gasteiger partial charge on any atom is -0.493 e. The fourth-order valence-corrected chi connectivity index (χ4v) is 3.69. The van der Waals surface area contributed by atoms with Crippen LogP contribution in [0.3, 0.4) is 0 Å². The lowest BCUT2D eigenvalue weighted by Gasteiger charge is -2.12. The van der Waals surface area contributed by atoms with Crippen molar-refractivity contribution in [3.63, 3.8) is 0 Å². The number of allylic oxidation sites excluding steroid dienone is 1. The van der Waals surface area contributed by atoms with Crippen molar-refractivity contribution in [2.75, 3.05) is 17.7 Å². The topological polar surface area (TPSA) is 112 Å². The number of primary amides is 1. The summed E-state index contributed by atoms with van der Waals surface area (Å²) in [5.74, 6) is 0.524. The molecule has 2 aromatic carbocycles. The highest BCUT2D eigenvalue weighted by atomic mass is 32.2. The van der Waals surface area contributed by atoms with E-state index in [9.17, 15) is 9.59 Å². The van der Waals surface area contributed by atoms with Gasteiger partial charge in [0.15, 0.2) is 11.0 Å². The number of hydrogen-bond donors (Lipinski definition) is 2. The summed E-state index contributed by atoms with van der Waals surface area (Å²) in [6.45, 7) is 6.72. The molecule has 3 rings (SSSR count). The molecule has 0 aliphatic carbocycles. The number of carbonyl (C=O) groups is 2. The predicted molar refractivity (Wildman–Crippen MR) is 121 cm³/mol. The molecule has 160 valence electrons. The van der Waals surface area contributed by atoms with Gasteiger partial charge in [0.1, 0.15) is 5.75 Å². The van der Waals surface area contributed by atoms with Crippen LogP contribution in [0.5, 0.6) is 5.75 Å². The molecule has 1 heterocycles. The van der Waals surface area contributed by atoms with Crippen molar-refractivity contribution in [3.05, 3.63) is 66.7 Å². The largest absolute Gasteiger partial charge is 0.493 e. The predicted octanol–water partition coefficient (Wildman–Crippen LogP) is 3.36. The number of amides is 2. The van der Waals surface area contributed by atoms with Gasteiger partial charge in [-0.3, -0.25) is 14.2 Å². The number of thioether (sulfide) groups is 1. The van der Waals surface area contributed by atoms with Gasteiger partial charge >= 0.3 is 0 Å². The Hall–Kier alpha value is -3.59. The smallest absolute Gasteiger partial charge is 0.250 e. The zero-order chi connectivity index (χ0) is 22.2. The molecule has 0 atom stereocenters. The van der Waals surface area contributed by atoms with E-state index >= 15 is 0 Å². The van der Waals surface area contributed by atoms with Crippen LogP contribution in [0.4, 0.5) is 5.69 Å². The molecule has 31 heavy (non-hydrogen) atoms. The fraction of sp³-hybridized carbons (Fsp3) is 0.182. The van der Waals surface area contributed by atoms with E-state index in [2.05, 4.69) is 22.1 Å². The van der Waals surface area contributed by atoms with Crippen molar-refractivity contribution in [1.82, 2.24) is 14.8 Å². The highest BCUT2D eigenvalue weighted by Crippen LogP contribution is 2.31. The Labute approximate surface area is 184 Å². The average molecular weight is 438 g/mol. The lowest BCUT2D eigenvalue weighted by molar-refractivity contribution is -0.113. The number of ether oxygens (including phenoxy) is 1. The second-order valence-corrected chi connectivity index (χ2v) is 7.32. The summed E-state index contributed by atoms with van der Waals surface area (Å²) in [5, 5.41) is 11.9. The second-order valence-electron chi connectivity index (χ2n) is 6.38. The number of nitrogens with zero attached hydrogens (tertiary/aromatic N) is 3. The van der Waals surface area contributed by atoms with Gasteiger partial charge in [-0.05, 0) is 31.2 Å². The number of nitrogens with one attached hydrogen (secondary N) is 1. The number of anilines is 1. The van der Waals surface area contributed by atoms with Gasteiger partial charge < -0.3 is 15.8 Å². The maximum absolute atomic E-state index is 12.5. The van der Waals surface area contributed by atoms with Crippen LogP contribution in [-0.2, 0) is 11.3 Å². The van der Waals surface area contributed by atoms with Gasteiger partial charge in [-0.2, -0.15) is 0 Å². The third-order valence-electron chi connectivity index (χ3n) is 4.26. The Morgan fingerprint density at radius 3 is 2.68 bits per heavy atom. The van der Waals surface area contributed by atoms with Crippen molar-refractivity contribution >= 4 is 29.3 Å². The molecule has 3 aromatic rings. The Morgan fingerprint density at radius 2 is 1.94 bits per heavy atom. The summed E-state index contributed by atoms with van der Waals surface area (Å²) in [5.41, 5.74) is 6.80. The minimum absolute atomic E-state index is 0.0788. The molecule has 0 aliphatic heterocycles. The molecule has 1 aromatic heterocycles. The number of aromatic nitrogens is 3. The maximum Gasteiger partial charge on any atom is 0.250 e. The summed E-state index contributed by atoms with van der Waals surface area (Å²) in [6.07, 6.45) is 1.74. The molecule has 8 nitrogen and oxygen atoms in total. The quantitative estimate of drug-likeness (QED) is 0.372. The van der Waals surface area contributed by atoms with Crippen LogP contribution in [0.1, 0.15) is 17.3 Å². The van der Waals surface area contributed by atoms with Crippen molar-refractivity contribution in [2.24, 2.45) is 5.73 Å². The first-order valence-corrected chi connectivity index (χ1v) is 10.6. The molecule has 0 fully saturated rings.